The summed E-state index contributed by atoms with van der Waals surface area (Å²) in [4.78, 5) is 12.6. The second-order valence-electron chi connectivity index (χ2n) is 6.09. The Hall–Kier alpha value is -3.23. The highest BCUT2D eigenvalue weighted by Gasteiger charge is 2.15. The van der Waals surface area contributed by atoms with Gasteiger partial charge < -0.3 is 5.32 Å². The Labute approximate surface area is 178 Å². The van der Waals surface area contributed by atoms with E-state index in [1.807, 2.05) is 61.5 Å². The van der Waals surface area contributed by atoms with Crippen LogP contribution in [0.25, 0.3) is 0 Å². The van der Waals surface area contributed by atoms with Gasteiger partial charge in [0.25, 0.3) is 5.69 Å². The van der Waals surface area contributed by atoms with E-state index in [1.54, 1.807) is 12.1 Å². The predicted octanol–water partition coefficient (Wildman–Crippen LogP) is 5.37. The summed E-state index contributed by atoms with van der Waals surface area (Å²) in [6.45, 7) is 2.00. The number of para-hydroxylation sites is 1. The molecule has 146 valence electrons. The van der Waals surface area contributed by atoms with Gasteiger partial charge in [-0.1, -0.05) is 53.7 Å². The van der Waals surface area contributed by atoms with Crippen molar-refractivity contribution in [2.24, 2.45) is 5.10 Å². The number of hydrogen-bond donors (Lipinski definition) is 2. The standard InChI is InChI=1S/C21H18N4O2S2/c1-15-7-10-18(11-8-15)29-20-12-9-16(13-19(20)25(26)27)14-22-24-21(28)23-17-5-3-2-4-6-17/h2-14H,1H3,(H2,23,24,28)/b22-14+. The van der Waals surface area contributed by atoms with Crippen molar-refractivity contribution >= 4 is 46.7 Å². The van der Waals surface area contributed by atoms with Crippen molar-refractivity contribution in [1.82, 2.24) is 5.43 Å². The van der Waals surface area contributed by atoms with Gasteiger partial charge in [-0.25, -0.2) is 0 Å². The first-order valence-electron chi connectivity index (χ1n) is 8.69. The lowest BCUT2D eigenvalue weighted by atomic mass is 10.2. The average Bonchev–Trinajstić information content (AvgIpc) is 2.71. The SMILES string of the molecule is Cc1ccc(Sc2ccc(/C=N/NC(=S)Nc3ccccc3)cc2[N+](=O)[O-])cc1. The first kappa shape index (κ1) is 20.5. The number of nitro benzene ring substituents is 1. The third kappa shape index (κ3) is 6.13. The molecule has 0 atom stereocenters. The van der Waals surface area contributed by atoms with Crippen molar-refractivity contribution in [2.75, 3.05) is 5.32 Å². The highest BCUT2D eigenvalue weighted by molar-refractivity contribution is 7.99. The van der Waals surface area contributed by atoms with Crippen LogP contribution in [0.2, 0.25) is 0 Å². The van der Waals surface area contributed by atoms with Gasteiger partial charge in [0.15, 0.2) is 5.11 Å². The topological polar surface area (TPSA) is 79.6 Å². The Bertz CT molecular complexity index is 1040. The fraction of sp³-hybridized carbons (Fsp3) is 0.0476. The van der Waals surface area contributed by atoms with Gasteiger partial charge in [0, 0.05) is 22.2 Å². The number of hydrogen-bond acceptors (Lipinski definition) is 5. The number of hydrazone groups is 1. The second-order valence-corrected chi connectivity index (χ2v) is 7.61. The van der Waals surface area contributed by atoms with Gasteiger partial charge in [0.05, 0.1) is 16.0 Å². The van der Waals surface area contributed by atoms with E-state index in [0.29, 0.717) is 15.6 Å². The van der Waals surface area contributed by atoms with Crippen molar-refractivity contribution in [3.63, 3.8) is 0 Å². The summed E-state index contributed by atoms with van der Waals surface area (Å²) in [5.41, 5.74) is 5.31. The van der Waals surface area contributed by atoms with Crippen molar-refractivity contribution in [1.29, 1.82) is 0 Å². The molecule has 3 aromatic carbocycles. The van der Waals surface area contributed by atoms with Gasteiger partial charge in [0.1, 0.15) is 0 Å². The minimum absolute atomic E-state index is 0.0320. The number of benzene rings is 3. The zero-order valence-electron chi connectivity index (χ0n) is 15.5. The first-order valence-corrected chi connectivity index (χ1v) is 9.92. The molecule has 3 rings (SSSR count). The molecule has 0 unspecified atom stereocenters. The summed E-state index contributed by atoms with van der Waals surface area (Å²) in [5, 5.41) is 18.9. The summed E-state index contributed by atoms with van der Waals surface area (Å²) in [6, 6.07) is 22.3. The van der Waals surface area contributed by atoms with Crippen LogP contribution in [0.5, 0.6) is 0 Å². The van der Waals surface area contributed by atoms with E-state index in [0.717, 1.165) is 16.1 Å². The molecule has 0 aliphatic rings. The molecule has 2 N–H and O–H groups in total. The lowest BCUT2D eigenvalue weighted by molar-refractivity contribution is -0.387. The van der Waals surface area contributed by atoms with Crippen LogP contribution in [0.15, 0.2) is 87.7 Å². The Morgan fingerprint density at radius 1 is 1.10 bits per heavy atom. The molecule has 8 heteroatoms. The van der Waals surface area contributed by atoms with Crippen molar-refractivity contribution in [2.45, 2.75) is 16.7 Å². The number of nitrogens with zero attached hydrogens (tertiary/aromatic N) is 2. The normalized spacial score (nSPS) is 10.7. The van der Waals surface area contributed by atoms with Crippen LogP contribution in [-0.4, -0.2) is 16.3 Å². The summed E-state index contributed by atoms with van der Waals surface area (Å²) < 4.78 is 0. The van der Waals surface area contributed by atoms with Crippen LogP contribution in [0.1, 0.15) is 11.1 Å². The molecular weight excluding hydrogens is 404 g/mol. The van der Waals surface area contributed by atoms with Crippen molar-refractivity contribution in [3.8, 4) is 0 Å². The fourth-order valence-electron chi connectivity index (χ4n) is 2.42. The van der Waals surface area contributed by atoms with Gasteiger partial charge in [-0.15, -0.1) is 0 Å². The van der Waals surface area contributed by atoms with Gasteiger partial charge in [-0.3, -0.25) is 15.5 Å². The highest BCUT2D eigenvalue weighted by atomic mass is 32.2. The lowest BCUT2D eigenvalue weighted by Crippen LogP contribution is -2.23. The highest BCUT2D eigenvalue weighted by Crippen LogP contribution is 2.35. The molecule has 0 aliphatic carbocycles. The monoisotopic (exact) mass is 422 g/mol. The van der Waals surface area contributed by atoms with E-state index < -0.39 is 0 Å². The number of nitrogens with one attached hydrogen (secondary N) is 2. The summed E-state index contributed by atoms with van der Waals surface area (Å²) in [6.07, 6.45) is 1.49. The summed E-state index contributed by atoms with van der Waals surface area (Å²) in [5.74, 6) is 0. The van der Waals surface area contributed by atoms with Crippen LogP contribution in [0.3, 0.4) is 0 Å². The number of thiocarbonyl (C=S) groups is 1. The van der Waals surface area contributed by atoms with Crippen LogP contribution in [0.4, 0.5) is 11.4 Å². The number of anilines is 1. The molecule has 0 amide bonds. The zero-order valence-corrected chi connectivity index (χ0v) is 17.2. The predicted molar refractivity (Wildman–Crippen MR) is 122 cm³/mol. The summed E-state index contributed by atoms with van der Waals surface area (Å²) in [7, 11) is 0. The Morgan fingerprint density at radius 3 is 2.52 bits per heavy atom. The molecule has 0 heterocycles. The minimum Gasteiger partial charge on any atom is -0.331 e. The molecule has 0 aliphatic heterocycles. The van der Waals surface area contributed by atoms with Gasteiger partial charge in [0.2, 0.25) is 0 Å². The molecule has 0 aromatic heterocycles. The summed E-state index contributed by atoms with van der Waals surface area (Å²) >= 11 is 6.53. The quantitative estimate of drug-likeness (QED) is 0.240. The van der Waals surface area contributed by atoms with Crippen LogP contribution < -0.4 is 10.7 Å². The van der Waals surface area contributed by atoms with E-state index in [9.17, 15) is 10.1 Å². The van der Waals surface area contributed by atoms with Crippen molar-refractivity contribution < 1.29 is 4.92 Å². The number of aryl methyl sites for hydroxylation is 1. The molecule has 3 aromatic rings. The lowest BCUT2D eigenvalue weighted by Gasteiger charge is -2.06. The second kappa shape index (κ2) is 9.81. The van der Waals surface area contributed by atoms with Gasteiger partial charge >= 0.3 is 0 Å². The van der Waals surface area contributed by atoms with Gasteiger partial charge in [-0.05, 0) is 49.5 Å². The third-order valence-electron chi connectivity index (χ3n) is 3.84. The molecular formula is C21H18N4O2S2. The maximum Gasteiger partial charge on any atom is 0.283 e. The molecule has 0 bridgehead atoms. The number of nitro groups is 1. The molecule has 0 saturated heterocycles. The minimum atomic E-state index is -0.386. The molecule has 0 radical (unpaired) electrons. The Balaban J connectivity index is 1.67. The van der Waals surface area contributed by atoms with E-state index in [1.165, 1.54) is 24.0 Å². The zero-order chi connectivity index (χ0) is 20.6. The average molecular weight is 423 g/mol. The van der Waals surface area contributed by atoms with Crippen LogP contribution in [0, 0.1) is 17.0 Å². The first-order chi connectivity index (χ1) is 14.0. The van der Waals surface area contributed by atoms with Crippen LogP contribution in [-0.2, 0) is 0 Å². The largest absolute Gasteiger partial charge is 0.331 e. The van der Waals surface area contributed by atoms with E-state index >= 15 is 0 Å². The Kier molecular flexibility index (Phi) is 6.94. The molecule has 0 saturated carbocycles. The smallest absolute Gasteiger partial charge is 0.283 e. The molecule has 6 nitrogen and oxygen atoms in total. The van der Waals surface area contributed by atoms with Crippen LogP contribution >= 0.6 is 24.0 Å². The van der Waals surface area contributed by atoms with Crippen molar-refractivity contribution in [3.05, 3.63) is 94.0 Å². The molecule has 0 spiro atoms. The molecule has 29 heavy (non-hydrogen) atoms. The fourth-order valence-corrected chi connectivity index (χ4v) is 3.49. The van der Waals surface area contributed by atoms with E-state index in [4.69, 9.17) is 12.2 Å². The maximum atomic E-state index is 11.5. The Morgan fingerprint density at radius 2 is 1.83 bits per heavy atom. The molecule has 0 fully saturated rings. The number of rotatable bonds is 6. The van der Waals surface area contributed by atoms with E-state index in [2.05, 4.69) is 15.8 Å². The van der Waals surface area contributed by atoms with Gasteiger partial charge in [-0.2, -0.15) is 5.10 Å². The van der Waals surface area contributed by atoms with E-state index in [-0.39, 0.29) is 10.6 Å². The maximum absolute atomic E-state index is 11.5. The third-order valence-corrected chi connectivity index (χ3v) is 5.11.